The van der Waals surface area contributed by atoms with Gasteiger partial charge in [-0.3, -0.25) is 4.79 Å². The van der Waals surface area contributed by atoms with Gasteiger partial charge < -0.3 is 11.1 Å². The molecule has 1 amide bonds. The van der Waals surface area contributed by atoms with Gasteiger partial charge in [0, 0.05) is 15.7 Å². The van der Waals surface area contributed by atoms with Crippen LogP contribution in [0.15, 0.2) is 46.9 Å². The number of alkyl halides is 3. The van der Waals surface area contributed by atoms with Crippen LogP contribution in [0.4, 0.5) is 24.5 Å². The van der Waals surface area contributed by atoms with E-state index in [9.17, 15) is 18.0 Å². The topological polar surface area (TPSA) is 55.1 Å². The van der Waals surface area contributed by atoms with Crippen LogP contribution in [0.5, 0.6) is 0 Å². The number of nitrogens with one attached hydrogen (secondary N) is 1. The molecule has 0 radical (unpaired) electrons. The molecule has 0 atom stereocenters. The molecule has 0 fully saturated rings. The maximum Gasteiger partial charge on any atom is 0.418 e. The average Bonchev–Trinajstić information content (AvgIpc) is 2.41. The van der Waals surface area contributed by atoms with Crippen LogP contribution in [0, 0.1) is 0 Å². The number of nitrogen functional groups attached to an aromatic ring is 1. The average molecular weight is 359 g/mol. The van der Waals surface area contributed by atoms with E-state index in [1.807, 2.05) is 0 Å². The number of nitrogens with two attached hydrogens (primary N) is 1. The van der Waals surface area contributed by atoms with Crippen LogP contribution >= 0.6 is 15.9 Å². The van der Waals surface area contributed by atoms with E-state index in [1.54, 1.807) is 0 Å². The third-order valence-corrected chi connectivity index (χ3v) is 3.43. The van der Waals surface area contributed by atoms with Crippen molar-refractivity contribution in [2.45, 2.75) is 6.18 Å². The normalized spacial score (nSPS) is 11.2. The molecule has 7 heteroatoms. The molecule has 3 N–H and O–H groups in total. The summed E-state index contributed by atoms with van der Waals surface area (Å²) in [4.78, 5) is 12.0. The van der Waals surface area contributed by atoms with Crippen molar-refractivity contribution in [1.29, 1.82) is 0 Å². The number of para-hydroxylation sites is 1. The number of hydrogen-bond donors (Lipinski definition) is 2. The minimum absolute atomic E-state index is 0.202. The molecule has 0 unspecified atom stereocenters. The second-order valence-corrected chi connectivity index (χ2v) is 5.09. The Labute approximate surface area is 127 Å². The van der Waals surface area contributed by atoms with Gasteiger partial charge in [0.1, 0.15) is 0 Å². The molecule has 0 aliphatic heterocycles. The molecule has 2 aromatic rings. The van der Waals surface area contributed by atoms with Crippen LogP contribution in [-0.4, -0.2) is 5.91 Å². The lowest BCUT2D eigenvalue weighted by molar-refractivity contribution is -0.136. The summed E-state index contributed by atoms with van der Waals surface area (Å²) in [6, 6.07) is 9.17. The highest BCUT2D eigenvalue weighted by molar-refractivity contribution is 9.10. The number of carbonyl (C=O) groups excluding carboxylic acids is 1. The first-order valence-corrected chi connectivity index (χ1v) is 6.61. The van der Waals surface area contributed by atoms with Gasteiger partial charge in [0.25, 0.3) is 5.91 Å². The van der Waals surface area contributed by atoms with Gasteiger partial charge in [-0.15, -0.1) is 0 Å². The highest BCUT2D eigenvalue weighted by atomic mass is 79.9. The van der Waals surface area contributed by atoms with Crippen molar-refractivity contribution in [1.82, 2.24) is 0 Å². The fourth-order valence-corrected chi connectivity index (χ4v) is 2.08. The summed E-state index contributed by atoms with van der Waals surface area (Å²) >= 11 is 3.16. The van der Waals surface area contributed by atoms with E-state index in [0.717, 1.165) is 6.07 Å². The summed E-state index contributed by atoms with van der Waals surface area (Å²) in [6.45, 7) is 0. The molecule has 0 spiro atoms. The van der Waals surface area contributed by atoms with Crippen molar-refractivity contribution in [3.8, 4) is 0 Å². The van der Waals surface area contributed by atoms with E-state index in [4.69, 9.17) is 5.73 Å². The van der Waals surface area contributed by atoms with Gasteiger partial charge in [-0.2, -0.15) is 13.2 Å². The van der Waals surface area contributed by atoms with Crippen molar-refractivity contribution in [3.05, 3.63) is 58.1 Å². The van der Waals surface area contributed by atoms with E-state index in [-0.39, 0.29) is 11.3 Å². The molecule has 0 bridgehead atoms. The molecule has 21 heavy (non-hydrogen) atoms. The third kappa shape index (κ3) is 3.55. The molecule has 110 valence electrons. The number of carbonyl (C=O) groups is 1. The third-order valence-electron chi connectivity index (χ3n) is 2.74. The van der Waals surface area contributed by atoms with Crippen LogP contribution < -0.4 is 11.1 Å². The summed E-state index contributed by atoms with van der Waals surface area (Å²) in [5.41, 5.74) is 5.05. The molecule has 0 saturated carbocycles. The predicted octanol–water partition coefficient (Wildman–Crippen LogP) is 4.30. The van der Waals surface area contributed by atoms with Crippen LogP contribution in [0.1, 0.15) is 15.9 Å². The molecule has 0 aromatic heterocycles. The largest absolute Gasteiger partial charge is 0.418 e. The smallest absolute Gasteiger partial charge is 0.398 e. The number of hydrogen-bond acceptors (Lipinski definition) is 2. The van der Waals surface area contributed by atoms with E-state index < -0.39 is 17.6 Å². The monoisotopic (exact) mass is 358 g/mol. The van der Waals surface area contributed by atoms with Gasteiger partial charge in [0.15, 0.2) is 0 Å². The molecular weight excluding hydrogens is 349 g/mol. The lowest BCUT2D eigenvalue weighted by Crippen LogP contribution is -2.16. The van der Waals surface area contributed by atoms with Gasteiger partial charge in [-0.1, -0.05) is 12.1 Å². The van der Waals surface area contributed by atoms with Crippen molar-refractivity contribution >= 4 is 33.2 Å². The summed E-state index contributed by atoms with van der Waals surface area (Å²) in [5, 5.41) is 2.26. The summed E-state index contributed by atoms with van der Waals surface area (Å²) in [7, 11) is 0. The summed E-state index contributed by atoms with van der Waals surface area (Å²) in [5.74, 6) is -0.646. The van der Waals surface area contributed by atoms with Gasteiger partial charge in [0.2, 0.25) is 0 Å². The number of anilines is 2. The number of benzene rings is 2. The Kier molecular flexibility index (Phi) is 4.22. The van der Waals surface area contributed by atoms with Gasteiger partial charge >= 0.3 is 6.18 Å². The molecule has 2 aromatic carbocycles. The van der Waals surface area contributed by atoms with E-state index in [0.29, 0.717) is 10.2 Å². The molecule has 0 aliphatic carbocycles. The van der Waals surface area contributed by atoms with Crippen molar-refractivity contribution in [2.24, 2.45) is 0 Å². The quantitative estimate of drug-likeness (QED) is 0.786. The fraction of sp³-hybridized carbons (Fsp3) is 0.0714. The lowest BCUT2D eigenvalue weighted by Gasteiger charge is -2.13. The Morgan fingerprint density at radius 2 is 1.81 bits per heavy atom. The Morgan fingerprint density at radius 3 is 2.43 bits per heavy atom. The lowest BCUT2D eigenvalue weighted by atomic mass is 10.1. The first-order valence-electron chi connectivity index (χ1n) is 5.81. The van der Waals surface area contributed by atoms with Gasteiger partial charge in [0.05, 0.1) is 11.3 Å². The second kappa shape index (κ2) is 5.77. The second-order valence-electron chi connectivity index (χ2n) is 4.23. The Bertz CT molecular complexity index is 686. The first-order chi connectivity index (χ1) is 9.79. The standard InChI is InChI=1S/C14H10BrF3N2O/c15-10-7-8(5-6-11(10)19)13(21)20-12-4-2-1-3-9(12)14(16,17)18/h1-7H,19H2,(H,20,21). The highest BCUT2D eigenvalue weighted by Crippen LogP contribution is 2.34. The molecule has 0 heterocycles. The zero-order chi connectivity index (χ0) is 15.6. The number of rotatable bonds is 2. The SMILES string of the molecule is Nc1ccc(C(=O)Nc2ccccc2C(F)(F)F)cc1Br. The highest BCUT2D eigenvalue weighted by Gasteiger charge is 2.33. The van der Waals surface area contributed by atoms with E-state index in [1.165, 1.54) is 36.4 Å². The zero-order valence-corrected chi connectivity index (χ0v) is 12.1. The van der Waals surface area contributed by atoms with Crippen LogP contribution in [0.3, 0.4) is 0 Å². The molecular formula is C14H10BrF3N2O. The first kappa shape index (κ1) is 15.4. The van der Waals surface area contributed by atoms with E-state index >= 15 is 0 Å². The van der Waals surface area contributed by atoms with Crippen LogP contribution in [0.2, 0.25) is 0 Å². The van der Waals surface area contributed by atoms with E-state index in [2.05, 4.69) is 21.2 Å². The van der Waals surface area contributed by atoms with Crippen LogP contribution in [0.25, 0.3) is 0 Å². The Balaban J connectivity index is 2.30. The number of amides is 1. The minimum atomic E-state index is -4.54. The minimum Gasteiger partial charge on any atom is -0.398 e. The summed E-state index contributed by atoms with van der Waals surface area (Å²) in [6.07, 6.45) is -4.54. The van der Waals surface area contributed by atoms with Crippen molar-refractivity contribution in [2.75, 3.05) is 11.1 Å². The van der Waals surface area contributed by atoms with Crippen LogP contribution in [-0.2, 0) is 6.18 Å². The molecule has 0 aliphatic rings. The molecule has 2 rings (SSSR count). The maximum atomic E-state index is 12.8. The van der Waals surface area contributed by atoms with Gasteiger partial charge in [-0.25, -0.2) is 0 Å². The molecule has 3 nitrogen and oxygen atoms in total. The number of halogens is 4. The predicted molar refractivity (Wildman–Crippen MR) is 78.0 cm³/mol. The Hall–Kier alpha value is -2.02. The Morgan fingerprint density at radius 1 is 1.14 bits per heavy atom. The molecule has 0 saturated heterocycles. The van der Waals surface area contributed by atoms with Crippen molar-refractivity contribution < 1.29 is 18.0 Å². The zero-order valence-electron chi connectivity index (χ0n) is 10.5. The fourth-order valence-electron chi connectivity index (χ4n) is 1.70. The summed E-state index contributed by atoms with van der Waals surface area (Å²) < 4.78 is 39.0. The maximum absolute atomic E-state index is 12.8. The van der Waals surface area contributed by atoms with Crippen molar-refractivity contribution in [3.63, 3.8) is 0 Å². The van der Waals surface area contributed by atoms with Gasteiger partial charge in [-0.05, 0) is 46.3 Å².